The van der Waals surface area contributed by atoms with Gasteiger partial charge in [-0.15, -0.1) is 0 Å². The first-order valence-electron chi connectivity index (χ1n) is 6.70. The van der Waals surface area contributed by atoms with Gasteiger partial charge in [-0.25, -0.2) is 0 Å². The smallest absolute Gasteiger partial charge is 0.228 e. The second kappa shape index (κ2) is 6.28. The Kier molecular flexibility index (Phi) is 4.22. The molecule has 106 valence electrons. The van der Waals surface area contributed by atoms with Crippen molar-refractivity contribution in [1.29, 1.82) is 0 Å². The Morgan fingerprint density at radius 1 is 1.35 bits per heavy atom. The molecule has 6 heteroatoms. The molecule has 0 saturated carbocycles. The molecule has 3 rings (SSSR count). The maximum absolute atomic E-state index is 9.25. The molecule has 2 aromatic rings. The van der Waals surface area contributed by atoms with Gasteiger partial charge in [0.05, 0.1) is 0 Å². The zero-order chi connectivity index (χ0) is 13.8. The van der Waals surface area contributed by atoms with Gasteiger partial charge in [0.25, 0.3) is 0 Å². The summed E-state index contributed by atoms with van der Waals surface area (Å²) < 4.78 is 5.30. The van der Waals surface area contributed by atoms with Crippen LogP contribution in [0.25, 0.3) is 0 Å². The van der Waals surface area contributed by atoms with Crippen molar-refractivity contribution >= 4 is 11.8 Å². The van der Waals surface area contributed by atoms with Crippen molar-refractivity contribution in [1.82, 2.24) is 15.5 Å². The fourth-order valence-electron chi connectivity index (χ4n) is 2.20. The lowest BCUT2D eigenvalue weighted by Crippen LogP contribution is -2.38. The Morgan fingerprint density at radius 2 is 2.20 bits per heavy atom. The number of benzene rings is 1. The number of rotatable bonds is 4. The summed E-state index contributed by atoms with van der Waals surface area (Å²) in [5, 5.41) is 16.7. The van der Waals surface area contributed by atoms with E-state index in [0.717, 1.165) is 24.3 Å². The lowest BCUT2D eigenvalue weighted by Gasteiger charge is -2.21. The van der Waals surface area contributed by atoms with Crippen LogP contribution in [0, 0.1) is 0 Å². The first-order valence-corrected chi connectivity index (χ1v) is 7.85. The number of hydrogen-bond acceptors (Lipinski definition) is 6. The monoisotopic (exact) mass is 291 g/mol. The summed E-state index contributed by atoms with van der Waals surface area (Å²) in [7, 11) is 0. The van der Waals surface area contributed by atoms with Crippen molar-refractivity contribution < 1.29 is 9.63 Å². The summed E-state index contributed by atoms with van der Waals surface area (Å²) in [5.74, 6) is 3.92. The van der Waals surface area contributed by atoms with Gasteiger partial charge in [0, 0.05) is 36.9 Å². The van der Waals surface area contributed by atoms with Gasteiger partial charge in [-0.3, -0.25) is 0 Å². The first-order chi connectivity index (χ1) is 9.79. The molecule has 1 aromatic carbocycles. The Morgan fingerprint density at radius 3 is 2.95 bits per heavy atom. The quantitative estimate of drug-likeness (QED) is 0.892. The fraction of sp³-hybridized carbons (Fsp3) is 0.429. The van der Waals surface area contributed by atoms with Crippen molar-refractivity contribution in [2.24, 2.45) is 0 Å². The number of nitrogens with zero attached hydrogens (tertiary/aromatic N) is 2. The summed E-state index contributed by atoms with van der Waals surface area (Å²) in [6.45, 7) is 1.05. The Labute approximate surface area is 121 Å². The van der Waals surface area contributed by atoms with E-state index in [1.165, 1.54) is 5.75 Å². The molecule has 1 aliphatic rings. The maximum atomic E-state index is 9.25. The highest BCUT2D eigenvalue weighted by atomic mass is 32.2. The van der Waals surface area contributed by atoms with E-state index in [0.29, 0.717) is 24.2 Å². The minimum atomic E-state index is 0.267. The van der Waals surface area contributed by atoms with Crippen LogP contribution in [0.1, 0.15) is 17.3 Å². The van der Waals surface area contributed by atoms with Crippen molar-refractivity contribution in [3.8, 4) is 5.75 Å². The normalized spacial score (nSPS) is 19.1. The largest absolute Gasteiger partial charge is 0.508 e. The average molecular weight is 291 g/mol. The molecule has 20 heavy (non-hydrogen) atoms. The van der Waals surface area contributed by atoms with Crippen LogP contribution in [-0.2, 0) is 12.8 Å². The van der Waals surface area contributed by atoms with Crippen LogP contribution in [0.2, 0.25) is 0 Å². The lowest BCUT2D eigenvalue weighted by molar-refractivity contribution is 0.359. The highest BCUT2D eigenvalue weighted by molar-refractivity contribution is 7.99. The number of nitrogens with one attached hydrogen (secondary N) is 1. The summed E-state index contributed by atoms with van der Waals surface area (Å²) in [4.78, 5) is 4.43. The molecule has 2 N–H and O–H groups in total. The summed E-state index contributed by atoms with van der Waals surface area (Å²) in [5.41, 5.74) is 1.06. The zero-order valence-electron chi connectivity index (χ0n) is 11.1. The van der Waals surface area contributed by atoms with Crippen LogP contribution in [0.15, 0.2) is 28.8 Å². The topological polar surface area (TPSA) is 71.2 Å². The second-order valence-electron chi connectivity index (χ2n) is 4.88. The fourth-order valence-corrected chi connectivity index (χ4v) is 3.15. The van der Waals surface area contributed by atoms with Crippen molar-refractivity contribution in [2.75, 3.05) is 18.1 Å². The van der Waals surface area contributed by atoms with Crippen molar-refractivity contribution in [3.05, 3.63) is 41.5 Å². The number of aromatic hydroxyl groups is 1. The van der Waals surface area contributed by atoms with Gasteiger partial charge in [-0.05, 0) is 17.7 Å². The van der Waals surface area contributed by atoms with Crippen molar-refractivity contribution in [3.63, 3.8) is 0 Å². The predicted molar refractivity (Wildman–Crippen MR) is 78.0 cm³/mol. The molecule has 1 unspecified atom stereocenters. The second-order valence-corrected chi connectivity index (χ2v) is 6.03. The van der Waals surface area contributed by atoms with Crippen molar-refractivity contribution in [2.45, 2.75) is 18.9 Å². The minimum Gasteiger partial charge on any atom is -0.508 e. The molecular weight excluding hydrogens is 274 g/mol. The molecule has 1 atom stereocenters. The van der Waals surface area contributed by atoms with Gasteiger partial charge in [-0.1, -0.05) is 17.3 Å². The van der Waals surface area contributed by atoms with Gasteiger partial charge in [0.15, 0.2) is 5.82 Å². The summed E-state index contributed by atoms with van der Waals surface area (Å²) in [6, 6.07) is 7.49. The highest BCUT2D eigenvalue weighted by Gasteiger charge is 2.17. The lowest BCUT2D eigenvalue weighted by atomic mass is 10.1. The molecule has 1 aromatic heterocycles. The van der Waals surface area contributed by atoms with Gasteiger partial charge < -0.3 is 14.9 Å². The maximum Gasteiger partial charge on any atom is 0.228 e. The first kappa shape index (κ1) is 13.5. The molecule has 0 spiro atoms. The van der Waals surface area contributed by atoms with Crippen LogP contribution in [0.5, 0.6) is 5.75 Å². The average Bonchev–Trinajstić information content (AvgIpc) is 2.90. The Bertz CT molecular complexity index is 550. The standard InChI is InChI=1S/C14H17N3O2S/c18-12-3-1-10(2-4-12)7-13-16-14(19-17-13)8-11-9-20-6-5-15-11/h1-4,11,15,18H,5-9H2. The molecule has 1 saturated heterocycles. The third-order valence-electron chi connectivity index (χ3n) is 3.23. The molecular formula is C14H17N3O2S. The third-order valence-corrected chi connectivity index (χ3v) is 4.36. The molecule has 5 nitrogen and oxygen atoms in total. The number of phenolic OH excluding ortho intramolecular Hbond substituents is 1. The highest BCUT2D eigenvalue weighted by Crippen LogP contribution is 2.14. The number of phenols is 1. The molecule has 2 heterocycles. The third kappa shape index (κ3) is 3.52. The van der Waals surface area contributed by atoms with E-state index in [-0.39, 0.29) is 5.75 Å². The molecule has 0 amide bonds. The SMILES string of the molecule is Oc1ccc(Cc2noc(CC3CSCCN3)n2)cc1. The van der Waals surface area contributed by atoms with E-state index in [4.69, 9.17) is 4.52 Å². The van der Waals surface area contributed by atoms with Crippen LogP contribution in [0.3, 0.4) is 0 Å². The van der Waals surface area contributed by atoms with E-state index < -0.39 is 0 Å². The van der Waals surface area contributed by atoms with Crippen LogP contribution >= 0.6 is 11.8 Å². The molecule has 0 aliphatic carbocycles. The molecule has 0 bridgehead atoms. The van der Waals surface area contributed by atoms with Gasteiger partial charge >= 0.3 is 0 Å². The van der Waals surface area contributed by atoms with Gasteiger partial charge in [0.2, 0.25) is 5.89 Å². The minimum absolute atomic E-state index is 0.267. The molecule has 1 aliphatic heterocycles. The summed E-state index contributed by atoms with van der Waals surface area (Å²) in [6.07, 6.45) is 1.41. The van der Waals surface area contributed by atoms with Crippen LogP contribution in [0.4, 0.5) is 0 Å². The van der Waals surface area contributed by atoms with E-state index in [2.05, 4.69) is 15.5 Å². The van der Waals surface area contributed by atoms with E-state index in [9.17, 15) is 5.11 Å². The predicted octanol–water partition coefficient (Wildman–Crippen LogP) is 1.61. The van der Waals surface area contributed by atoms with Gasteiger partial charge in [-0.2, -0.15) is 16.7 Å². The van der Waals surface area contributed by atoms with Gasteiger partial charge in [0.1, 0.15) is 5.75 Å². The van der Waals surface area contributed by atoms with E-state index in [1.807, 2.05) is 23.9 Å². The van der Waals surface area contributed by atoms with E-state index in [1.54, 1.807) is 12.1 Å². The zero-order valence-corrected chi connectivity index (χ0v) is 11.9. The Hall–Kier alpha value is -1.53. The molecule has 0 radical (unpaired) electrons. The van der Waals surface area contributed by atoms with Crippen LogP contribution < -0.4 is 5.32 Å². The van der Waals surface area contributed by atoms with Crippen LogP contribution in [-0.4, -0.2) is 39.3 Å². The number of hydrogen-bond donors (Lipinski definition) is 2. The Balaban J connectivity index is 1.60. The van der Waals surface area contributed by atoms with E-state index >= 15 is 0 Å². The molecule has 1 fully saturated rings. The number of thioether (sulfide) groups is 1. The summed E-state index contributed by atoms with van der Waals surface area (Å²) >= 11 is 1.96. The number of aromatic nitrogens is 2.